The van der Waals surface area contributed by atoms with Crippen LogP contribution in [0.3, 0.4) is 0 Å². The number of carbonyl (C=O) groups is 1. The van der Waals surface area contributed by atoms with Crippen molar-refractivity contribution in [1.29, 1.82) is 0 Å². The fraction of sp³-hybridized carbons (Fsp3) is 0.944. The van der Waals surface area contributed by atoms with E-state index in [1.54, 1.807) is 0 Å². The van der Waals surface area contributed by atoms with Gasteiger partial charge in [0.05, 0.1) is 37.9 Å². The van der Waals surface area contributed by atoms with Crippen LogP contribution in [0.25, 0.3) is 0 Å². The SMILES string of the molecule is CC1(C)CCC2(C(=O)O[C@@H]3O[C@H](CO)[C@@H](O)[C@H](O)[C@H]3O)CCC3(C)C(=CC[C@H]4C3(C)CC[C@H]3C(C)(C)[C@@H](O[C@@H]5O[C@H](CO)[C@@H](O)[C@H](O[C@@H]6O[C@H](CO)[C@@H](O)[C@H](O)[C@H]6O)[C@H]5O[C@@H]5O[C@H](CO)[C@@H](O)[C@H](O)[C@H]5O)CC[C@@]34C)[C@@H]2C1. The van der Waals surface area contributed by atoms with Gasteiger partial charge in [0.1, 0.15) is 97.7 Å². The number of hydrogen-bond donors (Lipinski definition) is 14. The minimum atomic E-state index is -1.94. The molecule has 0 bridgehead atoms. The third-order valence-electron chi connectivity index (χ3n) is 21.4. The van der Waals surface area contributed by atoms with E-state index in [1.807, 2.05) is 0 Å². The Labute approximate surface area is 449 Å². The maximum absolute atomic E-state index is 14.8. The van der Waals surface area contributed by atoms with Crippen molar-refractivity contribution in [3.8, 4) is 0 Å². The summed E-state index contributed by atoms with van der Waals surface area (Å²) >= 11 is 0. The highest BCUT2D eigenvalue weighted by Gasteiger charge is 2.70. The molecule has 14 N–H and O–H groups in total. The van der Waals surface area contributed by atoms with Gasteiger partial charge in [-0.3, -0.25) is 4.79 Å². The first-order valence-corrected chi connectivity index (χ1v) is 27.8. The molecule has 23 heteroatoms. The second-order valence-corrected chi connectivity index (χ2v) is 26.3. The van der Waals surface area contributed by atoms with E-state index in [9.17, 15) is 76.3 Å². The highest BCUT2D eigenvalue weighted by atomic mass is 16.8. The predicted molar refractivity (Wildman–Crippen MR) is 263 cm³/mol. The number of carbonyl (C=O) groups excluding carboxylic acids is 1. The first kappa shape index (κ1) is 60.0. The van der Waals surface area contributed by atoms with Crippen LogP contribution in [-0.2, 0) is 42.7 Å². The summed E-state index contributed by atoms with van der Waals surface area (Å²) in [7, 11) is 0. The van der Waals surface area contributed by atoms with E-state index >= 15 is 0 Å². The minimum Gasteiger partial charge on any atom is -0.432 e. The van der Waals surface area contributed by atoms with Gasteiger partial charge in [0.15, 0.2) is 18.9 Å². The van der Waals surface area contributed by atoms with Crippen molar-refractivity contribution in [1.82, 2.24) is 0 Å². The summed E-state index contributed by atoms with van der Waals surface area (Å²) in [4.78, 5) is 14.8. The first-order chi connectivity index (χ1) is 36.1. The quantitative estimate of drug-likeness (QED) is 0.0569. The zero-order chi connectivity index (χ0) is 56.3. The van der Waals surface area contributed by atoms with Crippen LogP contribution in [0.4, 0.5) is 0 Å². The molecule has 9 rings (SSSR count). The summed E-state index contributed by atoms with van der Waals surface area (Å²) < 4.78 is 48.9. The Bertz CT molecular complexity index is 2110. The summed E-state index contributed by atoms with van der Waals surface area (Å²) in [6.45, 7) is 12.8. The molecule has 4 saturated carbocycles. The Hall–Kier alpha value is -1.63. The summed E-state index contributed by atoms with van der Waals surface area (Å²) in [5.74, 6) is -0.507. The number of aliphatic hydroxyl groups is 14. The summed E-state index contributed by atoms with van der Waals surface area (Å²) in [6, 6.07) is 0. The van der Waals surface area contributed by atoms with Crippen molar-refractivity contribution in [2.75, 3.05) is 26.4 Å². The fourth-order valence-electron chi connectivity index (χ4n) is 16.5. The molecule has 442 valence electrons. The predicted octanol–water partition coefficient (Wildman–Crippen LogP) is -2.04. The van der Waals surface area contributed by atoms with Crippen molar-refractivity contribution in [3.63, 3.8) is 0 Å². The maximum Gasteiger partial charge on any atom is 0.315 e. The van der Waals surface area contributed by atoms with Crippen molar-refractivity contribution >= 4 is 5.97 Å². The average Bonchev–Trinajstić information content (AvgIpc) is 3.55. The Kier molecular flexibility index (Phi) is 17.0. The zero-order valence-electron chi connectivity index (χ0n) is 45.3. The lowest BCUT2D eigenvalue weighted by Crippen LogP contribution is -2.68. The van der Waals surface area contributed by atoms with E-state index in [4.69, 9.17) is 37.9 Å². The minimum absolute atomic E-state index is 0.0454. The Morgan fingerprint density at radius 2 is 1.00 bits per heavy atom. The average molecular weight is 1110 g/mol. The van der Waals surface area contributed by atoms with Crippen LogP contribution >= 0.6 is 0 Å². The molecular formula is C54H88O23. The highest BCUT2D eigenvalue weighted by molar-refractivity contribution is 5.79. The second-order valence-electron chi connectivity index (χ2n) is 26.3. The molecule has 4 aliphatic heterocycles. The maximum atomic E-state index is 14.8. The van der Waals surface area contributed by atoms with Crippen LogP contribution in [0, 0.1) is 50.2 Å². The van der Waals surface area contributed by atoms with Gasteiger partial charge in [0.2, 0.25) is 6.29 Å². The highest BCUT2D eigenvalue weighted by Crippen LogP contribution is 2.76. The van der Waals surface area contributed by atoms with Gasteiger partial charge >= 0.3 is 5.97 Å². The van der Waals surface area contributed by atoms with Crippen LogP contribution in [-0.4, -0.2) is 233 Å². The molecule has 0 aromatic heterocycles. The lowest BCUT2D eigenvalue weighted by molar-refractivity contribution is -0.399. The van der Waals surface area contributed by atoms with E-state index in [-0.39, 0.29) is 39.4 Å². The number of rotatable bonds is 12. The zero-order valence-corrected chi connectivity index (χ0v) is 45.3. The van der Waals surface area contributed by atoms with E-state index in [0.717, 1.165) is 32.1 Å². The number of aliphatic hydroxyl groups excluding tert-OH is 14. The number of allylic oxidation sites excluding steroid dienone is 2. The molecular weight excluding hydrogens is 1020 g/mol. The topological polar surface area (TPSA) is 374 Å². The van der Waals surface area contributed by atoms with Gasteiger partial charge in [-0.2, -0.15) is 0 Å². The van der Waals surface area contributed by atoms with Crippen molar-refractivity contribution < 1.29 is 114 Å². The van der Waals surface area contributed by atoms with Crippen molar-refractivity contribution in [2.45, 2.75) is 242 Å². The summed E-state index contributed by atoms with van der Waals surface area (Å²) in [5.41, 5.74) is -1.27. The van der Waals surface area contributed by atoms with Crippen LogP contribution in [0.5, 0.6) is 0 Å². The molecule has 28 atom stereocenters. The van der Waals surface area contributed by atoms with Gasteiger partial charge in [-0.15, -0.1) is 0 Å². The standard InChI is InChI=1S/C54H88O23/c1-49(2)14-16-54(48(69)77-46-41(68)38(65)34(61)27(21-57)72-46)17-15-52(6)23(24(54)18-49)8-9-30-51(5)12-11-31(50(3,4)29(51)10-13-53(30,52)7)74-47-43(76-45-40(67)37(64)33(60)26(20-56)71-45)42(35(62)28(22-58)73-47)75-44-39(66)36(63)32(59)25(19-55)70-44/h8,24-47,55-68H,9-22H2,1-7H3/t24-,25+,26+,27+,28+,29-,30+,31-,32+,33+,34+,35+,36-,37-,38-,39+,40+,41+,42-,43+,44-,45-,46-,47-,51-,52?,53?,54?/m0/s1. The smallest absolute Gasteiger partial charge is 0.315 e. The number of fused-ring (bicyclic) bond motifs is 7. The van der Waals surface area contributed by atoms with E-state index < -0.39 is 172 Å². The van der Waals surface area contributed by atoms with Crippen molar-refractivity contribution in [2.24, 2.45) is 50.2 Å². The molecule has 0 spiro atoms. The molecule has 4 saturated heterocycles. The second kappa shape index (κ2) is 21.8. The molecule has 0 radical (unpaired) electrons. The number of esters is 1. The Balaban J connectivity index is 0.995. The van der Waals surface area contributed by atoms with Crippen LogP contribution in [0.2, 0.25) is 0 Å². The molecule has 0 aromatic rings. The van der Waals surface area contributed by atoms with Crippen LogP contribution < -0.4 is 0 Å². The third kappa shape index (κ3) is 9.80. The van der Waals surface area contributed by atoms with Crippen LogP contribution in [0.15, 0.2) is 11.6 Å². The van der Waals surface area contributed by atoms with Gasteiger partial charge in [-0.05, 0) is 109 Å². The lowest BCUT2D eigenvalue weighted by Gasteiger charge is -2.71. The normalized spacial score (nSPS) is 53.4. The Morgan fingerprint density at radius 3 is 1.55 bits per heavy atom. The van der Waals surface area contributed by atoms with Crippen LogP contribution in [0.1, 0.15) is 113 Å². The first-order valence-electron chi connectivity index (χ1n) is 27.8. The molecule has 8 fully saturated rings. The molecule has 9 aliphatic rings. The number of ether oxygens (including phenoxy) is 8. The lowest BCUT2D eigenvalue weighted by atomic mass is 9.33. The summed E-state index contributed by atoms with van der Waals surface area (Å²) in [5, 5.41) is 149. The number of hydrogen-bond acceptors (Lipinski definition) is 23. The third-order valence-corrected chi connectivity index (χ3v) is 21.4. The van der Waals surface area contributed by atoms with E-state index in [1.165, 1.54) is 5.57 Å². The molecule has 0 aromatic carbocycles. The van der Waals surface area contributed by atoms with Gasteiger partial charge in [0.25, 0.3) is 0 Å². The largest absolute Gasteiger partial charge is 0.432 e. The fourth-order valence-corrected chi connectivity index (χ4v) is 16.5. The van der Waals surface area contributed by atoms with Gasteiger partial charge in [-0.25, -0.2) is 0 Å². The molecule has 77 heavy (non-hydrogen) atoms. The molecule has 0 amide bonds. The van der Waals surface area contributed by atoms with Gasteiger partial charge in [-0.1, -0.05) is 60.1 Å². The van der Waals surface area contributed by atoms with E-state index in [2.05, 4.69) is 54.5 Å². The van der Waals surface area contributed by atoms with Crippen molar-refractivity contribution in [3.05, 3.63) is 11.6 Å². The van der Waals surface area contributed by atoms with E-state index in [0.29, 0.717) is 32.1 Å². The molecule has 23 nitrogen and oxygen atoms in total. The molecule has 4 heterocycles. The monoisotopic (exact) mass is 1100 g/mol. The van der Waals surface area contributed by atoms with Gasteiger partial charge in [0, 0.05) is 0 Å². The molecule has 3 unspecified atom stereocenters. The molecule has 5 aliphatic carbocycles. The Morgan fingerprint density at radius 1 is 0.519 bits per heavy atom. The summed E-state index contributed by atoms with van der Waals surface area (Å²) in [6.07, 6.45) is -25.0. The van der Waals surface area contributed by atoms with Gasteiger partial charge < -0.3 is 109 Å².